The third kappa shape index (κ3) is 45.1. The first-order valence-corrected chi connectivity index (χ1v) is 31.2. The van der Waals surface area contributed by atoms with Gasteiger partial charge in [-0.25, -0.2) is 0 Å². The van der Waals surface area contributed by atoms with Gasteiger partial charge >= 0.3 is 0 Å². The van der Waals surface area contributed by atoms with Crippen molar-refractivity contribution in [1.29, 1.82) is 0 Å². The number of hydrogen-bond acceptors (Lipinski definition) is 8. The lowest BCUT2D eigenvalue weighted by molar-refractivity contribution is -0.302. The molecule has 0 radical (unpaired) electrons. The molecule has 9 heteroatoms. The summed E-state index contributed by atoms with van der Waals surface area (Å²) in [5, 5.41) is 54.7. The monoisotopic (exact) mass is 1070 g/mol. The van der Waals surface area contributed by atoms with E-state index in [9.17, 15) is 30.3 Å². The van der Waals surface area contributed by atoms with Gasteiger partial charge in [-0.05, 0) is 89.9 Å². The maximum atomic E-state index is 13.1. The van der Waals surface area contributed by atoms with Crippen molar-refractivity contribution < 1.29 is 39.8 Å². The van der Waals surface area contributed by atoms with E-state index in [0.29, 0.717) is 12.8 Å². The van der Waals surface area contributed by atoms with Crippen LogP contribution in [0.4, 0.5) is 0 Å². The molecule has 1 amide bonds. The first-order valence-electron chi connectivity index (χ1n) is 31.2. The minimum absolute atomic E-state index is 0.147. The van der Waals surface area contributed by atoms with Crippen LogP contribution in [0.1, 0.15) is 245 Å². The van der Waals surface area contributed by atoms with Crippen LogP contribution < -0.4 is 5.32 Å². The average molecular weight is 1070 g/mol. The van der Waals surface area contributed by atoms with Crippen molar-refractivity contribution in [1.82, 2.24) is 5.32 Å². The molecule has 7 atom stereocenters. The lowest BCUT2D eigenvalue weighted by atomic mass is 9.99. The van der Waals surface area contributed by atoms with E-state index >= 15 is 0 Å². The van der Waals surface area contributed by atoms with E-state index in [1.165, 1.54) is 103 Å². The Labute approximate surface area is 471 Å². The zero-order valence-electron chi connectivity index (χ0n) is 48.9. The number of carbonyl (C=O) groups excluding carboxylic acids is 1. The van der Waals surface area contributed by atoms with E-state index in [0.717, 1.165) is 116 Å². The summed E-state index contributed by atoms with van der Waals surface area (Å²) in [6, 6.07) is -0.732. The average Bonchev–Trinajstić information content (AvgIpc) is 3.43. The number of aliphatic hydroxyl groups excluding tert-OH is 5. The lowest BCUT2D eigenvalue weighted by Gasteiger charge is -2.40. The highest BCUT2D eigenvalue weighted by molar-refractivity contribution is 5.76. The summed E-state index contributed by atoms with van der Waals surface area (Å²) in [5.74, 6) is -0.157. The van der Waals surface area contributed by atoms with Crippen LogP contribution in [-0.2, 0) is 14.3 Å². The quantitative estimate of drug-likeness (QED) is 0.0261. The predicted octanol–water partition coefficient (Wildman–Crippen LogP) is 16.3. The number of ether oxygens (including phenoxy) is 2. The maximum Gasteiger partial charge on any atom is 0.220 e. The number of nitrogens with one attached hydrogen (secondary N) is 1. The molecule has 7 unspecified atom stereocenters. The molecule has 1 saturated heterocycles. The Bertz CT molecular complexity index is 1620. The summed E-state index contributed by atoms with van der Waals surface area (Å²) in [6.07, 6.45) is 76.6. The summed E-state index contributed by atoms with van der Waals surface area (Å²) in [7, 11) is 0. The molecule has 0 aromatic carbocycles. The fourth-order valence-corrected chi connectivity index (χ4v) is 9.19. The standard InChI is InChI=1S/C68H115NO8/c1-3-5-7-9-11-13-15-17-19-20-21-22-23-24-25-26-27-28-29-30-31-32-33-34-35-36-37-38-39-40-41-42-44-46-48-50-52-54-56-58-64(72)69-61(60-76-68-67(75)66(74)65(73)63(59-70)77-68)62(71)57-55-53-51-49-47-45-43-18-16-14-12-10-8-6-4-2/h5,7,11,13,17,19,21-22,24-25,27-28,30-31,33-34,36-37,39-40,61-63,65-68,70-71,73-75H,3-4,6,8-10,12,14-16,18,20,23,26,29,32,35,38,41-60H2,1-2H3,(H,69,72)/b7-5-,13-11-,19-17-,22-21-,25-24-,28-27-,31-30-,34-33-,37-36-,40-39-. The summed E-state index contributed by atoms with van der Waals surface area (Å²) >= 11 is 0. The summed E-state index contributed by atoms with van der Waals surface area (Å²) in [6.45, 7) is 3.72. The number of carbonyl (C=O) groups is 1. The van der Waals surface area contributed by atoms with Gasteiger partial charge in [-0.15, -0.1) is 0 Å². The van der Waals surface area contributed by atoms with Crippen LogP contribution in [0.3, 0.4) is 0 Å². The molecular formula is C68H115NO8. The Morgan fingerprint density at radius 3 is 1.19 bits per heavy atom. The van der Waals surface area contributed by atoms with Crippen molar-refractivity contribution in [2.24, 2.45) is 0 Å². The predicted molar refractivity (Wildman–Crippen MR) is 327 cm³/mol. The number of rotatable bonds is 52. The van der Waals surface area contributed by atoms with E-state index in [1.54, 1.807) is 0 Å². The van der Waals surface area contributed by atoms with Crippen molar-refractivity contribution in [2.75, 3.05) is 13.2 Å². The van der Waals surface area contributed by atoms with Crippen molar-refractivity contribution in [3.8, 4) is 0 Å². The van der Waals surface area contributed by atoms with Gasteiger partial charge in [0.25, 0.3) is 0 Å². The Hall–Kier alpha value is -3.41. The van der Waals surface area contributed by atoms with Gasteiger partial charge in [0.15, 0.2) is 6.29 Å². The van der Waals surface area contributed by atoms with Crippen molar-refractivity contribution in [3.63, 3.8) is 0 Å². The van der Waals surface area contributed by atoms with Crippen LogP contribution in [-0.4, -0.2) is 87.5 Å². The van der Waals surface area contributed by atoms with E-state index in [2.05, 4.69) is 141 Å². The van der Waals surface area contributed by atoms with Gasteiger partial charge in [0.05, 0.1) is 25.4 Å². The minimum atomic E-state index is -1.56. The smallest absolute Gasteiger partial charge is 0.220 e. The van der Waals surface area contributed by atoms with Crippen molar-refractivity contribution in [2.45, 2.75) is 288 Å². The largest absolute Gasteiger partial charge is 0.394 e. The minimum Gasteiger partial charge on any atom is -0.394 e. The molecule has 1 fully saturated rings. The Morgan fingerprint density at radius 1 is 0.455 bits per heavy atom. The molecule has 0 bridgehead atoms. The SMILES string of the molecule is CC/C=C\C/C=C\C/C=C\C/C=C\C/C=C\C/C=C\C/C=C\C/C=C\C/C=C\C/C=C\CCCCCCCCCCC(=O)NC(COC1OC(CO)C(O)C(O)C1O)C(O)CCCCCCCCCCCCCCCCC. The molecule has 1 aliphatic heterocycles. The topological polar surface area (TPSA) is 149 Å². The molecule has 0 saturated carbocycles. The third-order valence-electron chi connectivity index (χ3n) is 14.1. The zero-order valence-corrected chi connectivity index (χ0v) is 48.9. The highest BCUT2D eigenvalue weighted by Crippen LogP contribution is 2.23. The molecule has 9 nitrogen and oxygen atoms in total. The van der Waals surface area contributed by atoms with E-state index in [-0.39, 0.29) is 12.5 Å². The molecular weight excluding hydrogens is 959 g/mol. The summed E-state index contributed by atoms with van der Waals surface area (Å²) < 4.78 is 11.3. The van der Waals surface area contributed by atoms with Crippen LogP contribution in [0.2, 0.25) is 0 Å². The molecule has 440 valence electrons. The van der Waals surface area contributed by atoms with Crippen molar-refractivity contribution in [3.05, 3.63) is 122 Å². The fraction of sp³-hybridized carbons (Fsp3) is 0.691. The van der Waals surface area contributed by atoms with Gasteiger partial charge in [-0.3, -0.25) is 4.79 Å². The second-order valence-corrected chi connectivity index (χ2v) is 21.1. The van der Waals surface area contributed by atoms with Gasteiger partial charge in [0.2, 0.25) is 5.91 Å². The molecule has 0 spiro atoms. The Morgan fingerprint density at radius 2 is 0.805 bits per heavy atom. The normalized spacial score (nSPS) is 19.6. The third-order valence-corrected chi connectivity index (χ3v) is 14.1. The number of amides is 1. The van der Waals surface area contributed by atoms with Crippen LogP contribution >= 0.6 is 0 Å². The summed E-state index contributed by atoms with van der Waals surface area (Å²) in [5.41, 5.74) is 0. The van der Waals surface area contributed by atoms with Gasteiger partial charge in [0, 0.05) is 6.42 Å². The Kier molecular flexibility index (Phi) is 52.0. The highest BCUT2D eigenvalue weighted by Gasteiger charge is 2.44. The molecule has 6 N–H and O–H groups in total. The molecule has 0 aromatic rings. The van der Waals surface area contributed by atoms with Gasteiger partial charge in [-0.1, -0.05) is 270 Å². The van der Waals surface area contributed by atoms with E-state index < -0.39 is 49.5 Å². The van der Waals surface area contributed by atoms with Crippen molar-refractivity contribution >= 4 is 5.91 Å². The molecule has 77 heavy (non-hydrogen) atoms. The first-order chi connectivity index (χ1) is 37.8. The number of unbranched alkanes of at least 4 members (excludes halogenated alkanes) is 22. The summed E-state index contributed by atoms with van der Waals surface area (Å²) in [4.78, 5) is 13.1. The molecule has 0 aliphatic carbocycles. The van der Waals surface area contributed by atoms with Crippen LogP contribution in [0, 0.1) is 0 Å². The van der Waals surface area contributed by atoms with Crippen LogP contribution in [0.15, 0.2) is 122 Å². The van der Waals surface area contributed by atoms with E-state index in [1.807, 2.05) is 0 Å². The zero-order chi connectivity index (χ0) is 55.8. The number of aliphatic hydroxyl groups is 5. The fourth-order valence-electron chi connectivity index (χ4n) is 9.19. The van der Waals surface area contributed by atoms with Crippen LogP contribution in [0.25, 0.3) is 0 Å². The molecule has 1 rings (SSSR count). The van der Waals surface area contributed by atoms with E-state index in [4.69, 9.17) is 9.47 Å². The molecule has 0 aromatic heterocycles. The first kappa shape index (κ1) is 71.6. The molecule has 1 heterocycles. The maximum absolute atomic E-state index is 13.1. The van der Waals surface area contributed by atoms with Gasteiger partial charge < -0.3 is 40.3 Å². The van der Waals surface area contributed by atoms with Gasteiger partial charge in [0.1, 0.15) is 24.4 Å². The second kappa shape index (κ2) is 55.9. The Balaban J connectivity index is 2.15. The second-order valence-electron chi connectivity index (χ2n) is 21.1. The highest BCUT2D eigenvalue weighted by atomic mass is 16.7. The number of allylic oxidation sites excluding steroid dienone is 20. The molecule has 1 aliphatic rings. The number of hydrogen-bond donors (Lipinski definition) is 6. The lowest BCUT2D eigenvalue weighted by Crippen LogP contribution is -2.60. The van der Waals surface area contributed by atoms with Gasteiger partial charge in [-0.2, -0.15) is 0 Å². The van der Waals surface area contributed by atoms with Crippen LogP contribution in [0.5, 0.6) is 0 Å².